The zero-order valence-electron chi connectivity index (χ0n) is 12.5. The van der Waals surface area contributed by atoms with E-state index < -0.39 is 17.2 Å². The van der Waals surface area contributed by atoms with E-state index in [9.17, 15) is 14.4 Å². The molecule has 1 N–H and O–H groups in total. The number of carbonyl (C=O) groups excluding carboxylic acids is 1. The molecule has 1 unspecified atom stereocenters. The summed E-state index contributed by atoms with van der Waals surface area (Å²) in [6.07, 6.45) is 1.50. The van der Waals surface area contributed by atoms with E-state index >= 15 is 0 Å². The highest BCUT2D eigenvalue weighted by atomic mass is 16.2. The second-order valence-corrected chi connectivity index (χ2v) is 6.25. The van der Waals surface area contributed by atoms with Gasteiger partial charge in [0, 0.05) is 24.4 Å². The van der Waals surface area contributed by atoms with Gasteiger partial charge in [0.2, 0.25) is 0 Å². The van der Waals surface area contributed by atoms with Crippen LogP contribution in [0.2, 0.25) is 0 Å². The summed E-state index contributed by atoms with van der Waals surface area (Å²) in [6, 6.07) is 9.68. The van der Waals surface area contributed by atoms with Crippen LogP contribution in [0.25, 0.3) is 0 Å². The fourth-order valence-corrected chi connectivity index (χ4v) is 3.59. The standard InChI is InChI=1S/C17H17N3O3/c21-15-6-7-19(10-14-12-8-18-9-13(12)14)17(23)20(15)16(22)11-4-2-1-3-5-11/h1-7,12-14,18H,8-10H2/t12-,13+,14?. The number of nitrogens with one attached hydrogen (secondary N) is 1. The van der Waals surface area contributed by atoms with Crippen LogP contribution in [-0.4, -0.2) is 28.1 Å². The predicted molar refractivity (Wildman–Crippen MR) is 84.5 cm³/mol. The molecule has 0 radical (unpaired) electrons. The first-order chi connectivity index (χ1) is 11.2. The molecule has 2 heterocycles. The van der Waals surface area contributed by atoms with E-state index in [1.807, 2.05) is 0 Å². The van der Waals surface area contributed by atoms with E-state index in [2.05, 4.69) is 5.32 Å². The number of hydrogen-bond acceptors (Lipinski definition) is 4. The Labute approximate surface area is 132 Å². The van der Waals surface area contributed by atoms with Crippen LogP contribution in [0.15, 0.2) is 52.2 Å². The van der Waals surface area contributed by atoms with Crippen molar-refractivity contribution in [3.8, 4) is 0 Å². The Hall–Kier alpha value is -2.47. The lowest BCUT2D eigenvalue weighted by molar-refractivity contribution is 0.0948. The lowest BCUT2D eigenvalue weighted by atomic mass is 10.2. The summed E-state index contributed by atoms with van der Waals surface area (Å²) < 4.78 is 2.22. The molecule has 1 aromatic heterocycles. The molecular formula is C17H17N3O3. The summed E-state index contributed by atoms with van der Waals surface area (Å²) in [7, 11) is 0. The normalized spacial score (nSPS) is 25.1. The molecule has 1 saturated carbocycles. The summed E-state index contributed by atoms with van der Waals surface area (Å²) in [5.41, 5.74) is -0.806. The largest absolute Gasteiger partial charge is 0.338 e. The van der Waals surface area contributed by atoms with E-state index in [0.717, 1.165) is 17.7 Å². The Bertz CT molecular complexity index is 859. The van der Waals surface area contributed by atoms with Crippen molar-refractivity contribution in [2.45, 2.75) is 6.54 Å². The number of piperidine rings is 1. The van der Waals surface area contributed by atoms with Crippen molar-refractivity contribution in [3.63, 3.8) is 0 Å². The van der Waals surface area contributed by atoms with Crippen LogP contribution in [0.3, 0.4) is 0 Å². The summed E-state index contributed by atoms with van der Waals surface area (Å²) in [5.74, 6) is 1.12. The van der Waals surface area contributed by atoms with E-state index in [1.54, 1.807) is 30.3 Å². The summed E-state index contributed by atoms with van der Waals surface area (Å²) in [6.45, 7) is 2.55. The third-order valence-electron chi connectivity index (χ3n) is 4.95. The highest BCUT2D eigenvalue weighted by Crippen LogP contribution is 2.49. The highest BCUT2D eigenvalue weighted by molar-refractivity contribution is 5.95. The van der Waals surface area contributed by atoms with Gasteiger partial charge in [-0.2, -0.15) is 4.57 Å². The molecule has 3 atom stereocenters. The third-order valence-corrected chi connectivity index (χ3v) is 4.95. The van der Waals surface area contributed by atoms with E-state index in [4.69, 9.17) is 0 Å². The van der Waals surface area contributed by atoms with E-state index in [-0.39, 0.29) is 0 Å². The number of benzene rings is 1. The Balaban J connectivity index is 1.67. The fourth-order valence-electron chi connectivity index (χ4n) is 3.59. The van der Waals surface area contributed by atoms with Crippen molar-refractivity contribution in [1.29, 1.82) is 0 Å². The Morgan fingerprint density at radius 3 is 2.48 bits per heavy atom. The molecule has 0 spiro atoms. The second-order valence-electron chi connectivity index (χ2n) is 6.25. The van der Waals surface area contributed by atoms with Gasteiger partial charge in [0.1, 0.15) is 0 Å². The molecule has 1 saturated heterocycles. The van der Waals surface area contributed by atoms with E-state index in [0.29, 0.717) is 29.9 Å². The SMILES string of the molecule is O=C(c1ccccc1)n1c(=O)ccn(CC2[C@H]3CNC[C@@H]23)c1=O. The molecule has 0 amide bonds. The molecule has 23 heavy (non-hydrogen) atoms. The molecule has 118 valence electrons. The molecule has 2 aliphatic rings. The average molecular weight is 311 g/mol. The average Bonchev–Trinajstić information content (AvgIpc) is 2.98. The number of hydrogen-bond donors (Lipinski definition) is 1. The molecule has 6 heteroatoms. The van der Waals surface area contributed by atoms with Crippen molar-refractivity contribution in [2.24, 2.45) is 17.8 Å². The van der Waals surface area contributed by atoms with Gasteiger partial charge in [-0.1, -0.05) is 18.2 Å². The van der Waals surface area contributed by atoms with Crippen LogP contribution >= 0.6 is 0 Å². The molecule has 1 aromatic carbocycles. The van der Waals surface area contributed by atoms with Crippen LogP contribution in [-0.2, 0) is 6.54 Å². The minimum Gasteiger partial charge on any atom is -0.316 e. The van der Waals surface area contributed by atoms with Gasteiger partial charge in [-0.3, -0.25) is 14.2 Å². The zero-order chi connectivity index (χ0) is 16.0. The van der Waals surface area contributed by atoms with Gasteiger partial charge in [-0.05, 0) is 43.0 Å². The van der Waals surface area contributed by atoms with Gasteiger partial charge in [0.15, 0.2) is 0 Å². The molecule has 2 aromatic rings. The number of nitrogens with zero attached hydrogens (tertiary/aromatic N) is 2. The number of fused-ring (bicyclic) bond motifs is 1. The third kappa shape index (κ3) is 2.35. The predicted octanol–water partition coefficient (Wildman–Crippen LogP) is 0.164. The monoisotopic (exact) mass is 311 g/mol. The summed E-state index contributed by atoms with van der Waals surface area (Å²) >= 11 is 0. The minimum absolute atomic E-state index is 0.331. The molecule has 1 aliphatic heterocycles. The first-order valence-corrected chi connectivity index (χ1v) is 7.80. The first kappa shape index (κ1) is 14.1. The van der Waals surface area contributed by atoms with Gasteiger partial charge in [0.05, 0.1) is 0 Å². The van der Waals surface area contributed by atoms with E-state index in [1.165, 1.54) is 16.8 Å². The first-order valence-electron chi connectivity index (χ1n) is 7.80. The Morgan fingerprint density at radius 1 is 1.09 bits per heavy atom. The number of carbonyl (C=O) groups is 1. The smallest absolute Gasteiger partial charge is 0.316 e. The Kier molecular flexibility index (Phi) is 3.27. The molecule has 0 bridgehead atoms. The fraction of sp³-hybridized carbons (Fsp3) is 0.353. The maximum absolute atomic E-state index is 12.6. The van der Waals surface area contributed by atoms with Crippen LogP contribution in [0, 0.1) is 17.8 Å². The maximum Gasteiger partial charge on any atom is 0.338 e. The summed E-state index contributed by atoms with van der Waals surface area (Å²) in [5, 5.41) is 3.32. The maximum atomic E-state index is 12.6. The zero-order valence-corrected chi connectivity index (χ0v) is 12.5. The van der Waals surface area contributed by atoms with Crippen LogP contribution in [0.1, 0.15) is 10.4 Å². The minimum atomic E-state index is -0.585. The van der Waals surface area contributed by atoms with Crippen molar-refractivity contribution in [1.82, 2.24) is 14.5 Å². The second kappa shape index (κ2) is 5.31. The van der Waals surface area contributed by atoms with Crippen molar-refractivity contribution in [2.75, 3.05) is 13.1 Å². The van der Waals surface area contributed by atoms with Crippen molar-refractivity contribution >= 4 is 5.91 Å². The van der Waals surface area contributed by atoms with Gasteiger partial charge in [-0.15, -0.1) is 0 Å². The van der Waals surface area contributed by atoms with Gasteiger partial charge in [0.25, 0.3) is 11.5 Å². The van der Waals surface area contributed by atoms with Crippen LogP contribution in [0.5, 0.6) is 0 Å². The Morgan fingerprint density at radius 2 is 1.78 bits per heavy atom. The molecule has 6 nitrogen and oxygen atoms in total. The van der Waals surface area contributed by atoms with Crippen molar-refractivity contribution in [3.05, 3.63) is 69.0 Å². The molecule has 1 aliphatic carbocycles. The van der Waals surface area contributed by atoms with Gasteiger partial charge >= 0.3 is 5.69 Å². The van der Waals surface area contributed by atoms with Crippen LogP contribution in [0.4, 0.5) is 0 Å². The molecular weight excluding hydrogens is 294 g/mol. The topological polar surface area (TPSA) is 73.1 Å². The lowest BCUT2D eigenvalue weighted by Crippen LogP contribution is -2.43. The van der Waals surface area contributed by atoms with Crippen molar-refractivity contribution < 1.29 is 4.79 Å². The molecule has 4 rings (SSSR count). The van der Waals surface area contributed by atoms with Gasteiger partial charge < -0.3 is 5.32 Å². The van der Waals surface area contributed by atoms with Crippen LogP contribution < -0.4 is 16.6 Å². The van der Waals surface area contributed by atoms with Gasteiger partial charge in [-0.25, -0.2) is 4.79 Å². The number of aromatic nitrogens is 2. The quantitative estimate of drug-likeness (QED) is 0.877. The summed E-state index contributed by atoms with van der Waals surface area (Å²) in [4.78, 5) is 37.1. The lowest BCUT2D eigenvalue weighted by Gasteiger charge is -2.10. The highest BCUT2D eigenvalue weighted by Gasteiger charge is 2.52. The molecule has 2 fully saturated rings. The number of rotatable bonds is 3.